The summed E-state index contributed by atoms with van der Waals surface area (Å²) < 4.78 is 6.66. The predicted octanol–water partition coefficient (Wildman–Crippen LogP) is 4.38. The first-order chi connectivity index (χ1) is 9.58. The molecule has 0 aliphatic rings. The van der Waals surface area contributed by atoms with Crippen molar-refractivity contribution >= 4 is 15.9 Å². The minimum atomic E-state index is 0.122. The number of aryl methyl sites for hydroxylation is 2. The topological polar surface area (TPSA) is 21.3 Å². The van der Waals surface area contributed by atoms with Gasteiger partial charge in [0.2, 0.25) is 0 Å². The third-order valence-corrected chi connectivity index (χ3v) is 4.78. The van der Waals surface area contributed by atoms with Gasteiger partial charge in [0.1, 0.15) is 5.75 Å². The number of ether oxygens (including phenoxy) is 1. The Hall–Kier alpha value is -1.32. The van der Waals surface area contributed by atoms with Crippen LogP contribution in [0.3, 0.4) is 0 Å². The maximum atomic E-state index is 5.48. The average Bonchev–Trinajstić information content (AvgIpc) is 2.46. The van der Waals surface area contributed by atoms with E-state index in [1.54, 1.807) is 7.11 Å². The molecule has 0 heterocycles. The molecule has 0 spiro atoms. The summed E-state index contributed by atoms with van der Waals surface area (Å²) in [7, 11) is 3.69. The van der Waals surface area contributed by atoms with Gasteiger partial charge in [-0.15, -0.1) is 0 Å². The van der Waals surface area contributed by atoms with Gasteiger partial charge in [-0.2, -0.15) is 0 Å². The Balaban J connectivity index is 2.52. The number of para-hydroxylation sites is 1. The Kier molecular flexibility index (Phi) is 4.84. The van der Waals surface area contributed by atoms with E-state index in [4.69, 9.17) is 4.74 Å². The van der Waals surface area contributed by atoms with Gasteiger partial charge in [-0.25, -0.2) is 0 Å². The van der Waals surface area contributed by atoms with Crippen LogP contribution in [0.15, 0.2) is 40.9 Å². The van der Waals surface area contributed by atoms with Crippen LogP contribution in [0.1, 0.15) is 28.3 Å². The molecule has 2 nitrogen and oxygen atoms in total. The van der Waals surface area contributed by atoms with Crippen molar-refractivity contribution in [2.24, 2.45) is 0 Å². The van der Waals surface area contributed by atoms with Gasteiger partial charge >= 0.3 is 0 Å². The third kappa shape index (κ3) is 2.89. The normalized spacial score (nSPS) is 12.2. The van der Waals surface area contributed by atoms with E-state index < -0.39 is 0 Å². The number of nitrogens with one attached hydrogen (secondary N) is 1. The van der Waals surface area contributed by atoms with Crippen LogP contribution in [-0.4, -0.2) is 14.2 Å². The van der Waals surface area contributed by atoms with Crippen molar-refractivity contribution in [2.45, 2.75) is 19.9 Å². The first kappa shape index (κ1) is 15.1. The van der Waals surface area contributed by atoms with Crippen molar-refractivity contribution in [1.29, 1.82) is 0 Å². The first-order valence-electron chi connectivity index (χ1n) is 6.65. The first-order valence-corrected chi connectivity index (χ1v) is 7.44. The van der Waals surface area contributed by atoms with E-state index in [1.807, 2.05) is 25.2 Å². The van der Waals surface area contributed by atoms with Crippen molar-refractivity contribution in [3.8, 4) is 5.75 Å². The molecule has 2 aromatic carbocycles. The van der Waals surface area contributed by atoms with E-state index in [2.05, 4.69) is 53.3 Å². The lowest BCUT2D eigenvalue weighted by Gasteiger charge is -2.21. The highest BCUT2D eigenvalue weighted by Crippen LogP contribution is 2.32. The Morgan fingerprint density at radius 1 is 1.10 bits per heavy atom. The molecule has 20 heavy (non-hydrogen) atoms. The summed E-state index contributed by atoms with van der Waals surface area (Å²) in [5.74, 6) is 0.907. The van der Waals surface area contributed by atoms with Gasteiger partial charge in [0.15, 0.2) is 0 Å². The molecule has 0 aliphatic carbocycles. The third-order valence-electron chi connectivity index (χ3n) is 3.53. The summed E-state index contributed by atoms with van der Waals surface area (Å²) in [6, 6.07) is 12.7. The van der Waals surface area contributed by atoms with E-state index in [1.165, 1.54) is 21.2 Å². The molecule has 0 aromatic heterocycles. The lowest BCUT2D eigenvalue weighted by Crippen LogP contribution is -2.18. The fraction of sp³-hybridized carbons (Fsp3) is 0.294. The molecular weight excluding hydrogens is 314 g/mol. The number of benzene rings is 2. The molecule has 1 unspecified atom stereocenters. The molecule has 2 aromatic rings. The predicted molar refractivity (Wildman–Crippen MR) is 87.5 cm³/mol. The molecule has 3 heteroatoms. The van der Waals surface area contributed by atoms with E-state index in [-0.39, 0.29) is 6.04 Å². The summed E-state index contributed by atoms with van der Waals surface area (Å²) in [6.45, 7) is 4.24. The number of hydrogen-bond donors (Lipinski definition) is 1. The van der Waals surface area contributed by atoms with Gasteiger partial charge in [0.25, 0.3) is 0 Å². The molecule has 0 aliphatic heterocycles. The Bertz CT molecular complexity index is 587. The van der Waals surface area contributed by atoms with Gasteiger partial charge in [-0.1, -0.05) is 46.3 Å². The summed E-state index contributed by atoms with van der Waals surface area (Å²) in [6.07, 6.45) is 0. The molecule has 106 valence electrons. The quantitative estimate of drug-likeness (QED) is 0.896. The fourth-order valence-corrected chi connectivity index (χ4v) is 2.78. The van der Waals surface area contributed by atoms with Gasteiger partial charge in [0.05, 0.1) is 13.2 Å². The van der Waals surface area contributed by atoms with Crippen LogP contribution in [0.5, 0.6) is 5.75 Å². The number of hydrogen-bond acceptors (Lipinski definition) is 2. The molecule has 0 saturated heterocycles. The summed E-state index contributed by atoms with van der Waals surface area (Å²) in [5.41, 5.74) is 4.89. The zero-order valence-corrected chi connectivity index (χ0v) is 13.9. The standard InChI is InChI=1S/C17H20BrNO/c1-11-9-13(10-12(2)16(11)18)17(19-3)14-7-5-6-8-15(14)20-4/h5-10,17,19H,1-4H3. The average molecular weight is 334 g/mol. The van der Waals surface area contributed by atoms with Crippen molar-refractivity contribution in [3.05, 3.63) is 63.1 Å². The van der Waals surface area contributed by atoms with Crippen LogP contribution in [0.2, 0.25) is 0 Å². The highest BCUT2D eigenvalue weighted by Gasteiger charge is 2.17. The van der Waals surface area contributed by atoms with Crippen LogP contribution >= 0.6 is 15.9 Å². The van der Waals surface area contributed by atoms with Crippen LogP contribution < -0.4 is 10.1 Å². The number of rotatable bonds is 4. The van der Waals surface area contributed by atoms with Crippen molar-refractivity contribution in [3.63, 3.8) is 0 Å². The second-order valence-corrected chi connectivity index (χ2v) is 5.73. The number of halogens is 1. The largest absolute Gasteiger partial charge is 0.496 e. The molecule has 0 amide bonds. The zero-order chi connectivity index (χ0) is 14.7. The SMILES string of the molecule is CNC(c1cc(C)c(Br)c(C)c1)c1ccccc1OC. The fourth-order valence-electron chi connectivity index (χ4n) is 2.55. The van der Waals surface area contributed by atoms with E-state index in [9.17, 15) is 0 Å². The molecule has 2 rings (SSSR count). The molecular formula is C17H20BrNO. The van der Waals surface area contributed by atoms with Gasteiger partial charge in [0, 0.05) is 10.0 Å². The molecule has 1 atom stereocenters. The smallest absolute Gasteiger partial charge is 0.123 e. The van der Waals surface area contributed by atoms with Crippen LogP contribution in [-0.2, 0) is 0 Å². The maximum absolute atomic E-state index is 5.48. The Morgan fingerprint density at radius 3 is 2.25 bits per heavy atom. The van der Waals surface area contributed by atoms with Gasteiger partial charge in [-0.05, 0) is 43.7 Å². The molecule has 1 N–H and O–H groups in total. The summed E-state index contributed by atoms with van der Waals surface area (Å²) in [4.78, 5) is 0. The van der Waals surface area contributed by atoms with E-state index in [0.29, 0.717) is 0 Å². The van der Waals surface area contributed by atoms with Crippen LogP contribution in [0, 0.1) is 13.8 Å². The monoisotopic (exact) mass is 333 g/mol. The van der Waals surface area contributed by atoms with Crippen molar-refractivity contribution < 1.29 is 4.74 Å². The van der Waals surface area contributed by atoms with Crippen LogP contribution in [0.4, 0.5) is 0 Å². The maximum Gasteiger partial charge on any atom is 0.123 e. The van der Waals surface area contributed by atoms with Crippen molar-refractivity contribution in [1.82, 2.24) is 5.32 Å². The minimum absolute atomic E-state index is 0.122. The molecule has 0 fully saturated rings. The molecule has 0 bridgehead atoms. The summed E-state index contributed by atoms with van der Waals surface area (Å²) in [5, 5.41) is 3.39. The lowest BCUT2D eigenvalue weighted by molar-refractivity contribution is 0.405. The number of methoxy groups -OCH3 is 1. The molecule has 0 saturated carbocycles. The zero-order valence-electron chi connectivity index (χ0n) is 12.3. The van der Waals surface area contributed by atoms with Crippen LogP contribution in [0.25, 0.3) is 0 Å². The Labute approximate surface area is 129 Å². The van der Waals surface area contributed by atoms with Gasteiger partial charge < -0.3 is 10.1 Å². The lowest BCUT2D eigenvalue weighted by atomic mass is 9.95. The minimum Gasteiger partial charge on any atom is -0.496 e. The summed E-state index contributed by atoms with van der Waals surface area (Å²) >= 11 is 3.62. The van der Waals surface area contributed by atoms with E-state index >= 15 is 0 Å². The Morgan fingerprint density at radius 2 is 1.70 bits per heavy atom. The highest BCUT2D eigenvalue weighted by molar-refractivity contribution is 9.10. The molecule has 0 radical (unpaired) electrons. The van der Waals surface area contributed by atoms with E-state index in [0.717, 1.165) is 11.3 Å². The highest BCUT2D eigenvalue weighted by atomic mass is 79.9. The van der Waals surface area contributed by atoms with Gasteiger partial charge in [-0.3, -0.25) is 0 Å². The van der Waals surface area contributed by atoms with Crippen molar-refractivity contribution in [2.75, 3.05) is 14.2 Å². The second kappa shape index (κ2) is 6.42. The second-order valence-electron chi connectivity index (χ2n) is 4.93.